The number of hydrogen-bond donors (Lipinski definition) is 1. The van der Waals surface area contributed by atoms with E-state index < -0.39 is 4.92 Å². The average Bonchev–Trinajstić information content (AvgIpc) is 3.05. The van der Waals surface area contributed by atoms with E-state index in [-0.39, 0.29) is 11.6 Å². The Labute approximate surface area is 148 Å². The van der Waals surface area contributed by atoms with Gasteiger partial charge in [0.1, 0.15) is 5.69 Å². The Hall–Kier alpha value is -2.52. The lowest BCUT2D eigenvalue weighted by Gasteiger charge is -2.26. The molecule has 0 unspecified atom stereocenters. The van der Waals surface area contributed by atoms with Crippen LogP contribution in [-0.4, -0.2) is 47.0 Å². The third-order valence-electron chi connectivity index (χ3n) is 4.02. The van der Waals surface area contributed by atoms with Gasteiger partial charge in [-0.1, -0.05) is 0 Å². The summed E-state index contributed by atoms with van der Waals surface area (Å²) in [6.07, 6.45) is 0. The smallest absolute Gasteiger partial charge is 0.293 e. The predicted molar refractivity (Wildman–Crippen MR) is 94.0 cm³/mol. The highest BCUT2D eigenvalue weighted by Gasteiger charge is 2.22. The Morgan fingerprint density at radius 1 is 1.44 bits per heavy atom. The van der Waals surface area contributed by atoms with E-state index in [4.69, 9.17) is 4.74 Å². The SMILES string of the molecule is Cc1ncsc1CNc1ccc(C(=O)N2CCOCC2)cc1[N+](=O)[O-]. The number of nitro groups is 1. The molecule has 0 aliphatic carbocycles. The number of aromatic nitrogens is 1. The van der Waals surface area contributed by atoms with Crippen molar-refractivity contribution in [2.24, 2.45) is 0 Å². The first-order chi connectivity index (χ1) is 12.1. The van der Waals surface area contributed by atoms with Crippen LogP contribution in [0.5, 0.6) is 0 Å². The van der Waals surface area contributed by atoms with E-state index in [9.17, 15) is 14.9 Å². The van der Waals surface area contributed by atoms with E-state index in [0.717, 1.165) is 10.6 Å². The lowest BCUT2D eigenvalue weighted by molar-refractivity contribution is -0.384. The fourth-order valence-electron chi connectivity index (χ4n) is 2.59. The van der Waals surface area contributed by atoms with Crippen LogP contribution in [0.1, 0.15) is 20.9 Å². The zero-order valence-corrected chi connectivity index (χ0v) is 14.5. The van der Waals surface area contributed by atoms with Crippen molar-refractivity contribution in [3.8, 4) is 0 Å². The van der Waals surface area contributed by atoms with Crippen LogP contribution in [0.3, 0.4) is 0 Å². The number of amides is 1. The molecule has 1 N–H and O–H groups in total. The van der Waals surface area contributed by atoms with Crippen molar-refractivity contribution in [3.05, 3.63) is 50.0 Å². The summed E-state index contributed by atoms with van der Waals surface area (Å²) in [5.74, 6) is -0.212. The van der Waals surface area contributed by atoms with Crippen molar-refractivity contribution >= 4 is 28.6 Å². The molecule has 1 amide bonds. The summed E-state index contributed by atoms with van der Waals surface area (Å²) in [7, 11) is 0. The second-order valence-electron chi connectivity index (χ2n) is 5.61. The van der Waals surface area contributed by atoms with Crippen molar-refractivity contribution < 1.29 is 14.5 Å². The summed E-state index contributed by atoms with van der Waals surface area (Å²) in [5, 5.41) is 14.5. The maximum Gasteiger partial charge on any atom is 0.293 e. The first-order valence-electron chi connectivity index (χ1n) is 7.84. The minimum atomic E-state index is -0.474. The van der Waals surface area contributed by atoms with Gasteiger partial charge in [0.25, 0.3) is 11.6 Å². The summed E-state index contributed by atoms with van der Waals surface area (Å²) in [6.45, 7) is 4.32. The lowest BCUT2D eigenvalue weighted by Crippen LogP contribution is -2.40. The number of carbonyl (C=O) groups is 1. The van der Waals surface area contributed by atoms with Gasteiger partial charge in [-0.2, -0.15) is 0 Å². The van der Waals surface area contributed by atoms with Crippen LogP contribution in [0.4, 0.5) is 11.4 Å². The zero-order valence-electron chi connectivity index (χ0n) is 13.7. The van der Waals surface area contributed by atoms with E-state index >= 15 is 0 Å². The van der Waals surface area contributed by atoms with Crippen molar-refractivity contribution in [1.29, 1.82) is 0 Å². The molecule has 0 saturated carbocycles. The summed E-state index contributed by atoms with van der Waals surface area (Å²) in [4.78, 5) is 30.3. The highest BCUT2D eigenvalue weighted by molar-refractivity contribution is 7.09. The van der Waals surface area contributed by atoms with E-state index in [1.54, 1.807) is 22.5 Å². The van der Waals surface area contributed by atoms with Gasteiger partial charge in [0.05, 0.1) is 35.9 Å². The van der Waals surface area contributed by atoms with Gasteiger partial charge >= 0.3 is 0 Å². The van der Waals surface area contributed by atoms with Gasteiger partial charge in [-0.15, -0.1) is 11.3 Å². The van der Waals surface area contributed by atoms with Crippen LogP contribution < -0.4 is 5.32 Å². The molecule has 1 fully saturated rings. The van der Waals surface area contributed by atoms with Crippen molar-refractivity contribution in [2.75, 3.05) is 31.6 Å². The number of nitro benzene ring substituents is 1. The van der Waals surface area contributed by atoms with Gasteiger partial charge in [0, 0.05) is 29.6 Å². The summed E-state index contributed by atoms with van der Waals surface area (Å²) in [5.41, 5.74) is 3.23. The van der Waals surface area contributed by atoms with Gasteiger partial charge < -0.3 is 15.0 Å². The first-order valence-corrected chi connectivity index (χ1v) is 8.72. The highest BCUT2D eigenvalue weighted by Crippen LogP contribution is 2.27. The molecule has 132 valence electrons. The Morgan fingerprint density at radius 2 is 2.20 bits per heavy atom. The van der Waals surface area contributed by atoms with E-state index in [1.807, 2.05) is 6.92 Å². The zero-order chi connectivity index (χ0) is 17.8. The molecule has 0 bridgehead atoms. The second-order valence-corrected chi connectivity index (χ2v) is 6.55. The molecule has 2 aromatic rings. The number of carbonyl (C=O) groups excluding carboxylic acids is 1. The van der Waals surface area contributed by atoms with Crippen LogP contribution in [0.2, 0.25) is 0 Å². The quantitative estimate of drug-likeness (QED) is 0.648. The summed E-state index contributed by atoms with van der Waals surface area (Å²) in [6, 6.07) is 4.54. The molecule has 2 heterocycles. The third-order valence-corrected chi connectivity index (χ3v) is 4.96. The summed E-state index contributed by atoms with van der Waals surface area (Å²) < 4.78 is 5.23. The van der Waals surface area contributed by atoms with Crippen LogP contribution in [-0.2, 0) is 11.3 Å². The molecule has 3 rings (SSSR count). The largest absolute Gasteiger partial charge is 0.378 e. The molecule has 1 aliphatic heterocycles. The molecule has 25 heavy (non-hydrogen) atoms. The number of nitrogens with zero attached hydrogens (tertiary/aromatic N) is 3. The van der Waals surface area contributed by atoms with Crippen molar-refractivity contribution in [1.82, 2.24) is 9.88 Å². The molecular weight excluding hydrogens is 344 g/mol. The van der Waals surface area contributed by atoms with E-state index in [2.05, 4.69) is 10.3 Å². The maximum atomic E-state index is 12.5. The molecule has 1 aromatic carbocycles. The molecule has 0 radical (unpaired) electrons. The van der Waals surface area contributed by atoms with Crippen molar-refractivity contribution in [2.45, 2.75) is 13.5 Å². The van der Waals surface area contributed by atoms with Crippen molar-refractivity contribution in [3.63, 3.8) is 0 Å². The standard InChI is InChI=1S/C16H18N4O4S/c1-11-15(25-10-18-11)9-17-13-3-2-12(8-14(13)20(22)23)16(21)19-4-6-24-7-5-19/h2-3,8,10,17H,4-7,9H2,1H3. The van der Waals surface area contributed by atoms with Crippen LogP contribution in [0.15, 0.2) is 23.7 Å². The first kappa shape index (κ1) is 17.3. The van der Waals surface area contributed by atoms with Crippen LogP contribution in [0, 0.1) is 17.0 Å². The molecule has 9 heteroatoms. The van der Waals surface area contributed by atoms with E-state index in [0.29, 0.717) is 44.1 Å². The number of nitrogens with one attached hydrogen (secondary N) is 1. The normalized spacial score (nSPS) is 14.4. The molecule has 1 saturated heterocycles. The summed E-state index contributed by atoms with van der Waals surface area (Å²) >= 11 is 1.49. The van der Waals surface area contributed by atoms with Gasteiger partial charge in [0.15, 0.2) is 0 Å². The lowest BCUT2D eigenvalue weighted by atomic mass is 10.1. The van der Waals surface area contributed by atoms with E-state index in [1.165, 1.54) is 17.4 Å². The molecule has 8 nitrogen and oxygen atoms in total. The molecule has 0 spiro atoms. The second kappa shape index (κ2) is 7.58. The Morgan fingerprint density at radius 3 is 2.84 bits per heavy atom. The Balaban J connectivity index is 1.79. The molecule has 1 aromatic heterocycles. The number of benzene rings is 1. The van der Waals surface area contributed by atoms with Gasteiger partial charge in [0.2, 0.25) is 0 Å². The molecule has 0 atom stereocenters. The monoisotopic (exact) mass is 362 g/mol. The van der Waals surface area contributed by atoms with Crippen LogP contribution in [0.25, 0.3) is 0 Å². The molecular formula is C16H18N4O4S. The maximum absolute atomic E-state index is 12.5. The number of ether oxygens (including phenoxy) is 1. The predicted octanol–water partition coefficient (Wildman–Crippen LogP) is 2.44. The number of rotatable bonds is 5. The Bertz CT molecular complexity index is 786. The Kier molecular flexibility index (Phi) is 5.25. The minimum absolute atomic E-state index is 0.110. The van der Waals surface area contributed by atoms with Gasteiger partial charge in [-0.3, -0.25) is 14.9 Å². The van der Waals surface area contributed by atoms with Gasteiger partial charge in [-0.05, 0) is 19.1 Å². The average molecular weight is 362 g/mol. The fraction of sp³-hybridized carbons (Fsp3) is 0.375. The minimum Gasteiger partial charge on any atom is -0.378 e. The fourth-order valence-corrected chi connectivity index (χ4v) is 3.30. The number of morpholine rings is 1. The molecule has 1 aliphatic rings. The number of thiazole rings is 1. The third kappa shape index (κ3) is 3.94. The topological polar surface area (TPSA) is 97.6 Å². The van der Waals surface area contributed by atoms with Crippen LogP contribution >= 0.6 is 11.3 Å². The number of aryl methyl sites for hydroxylation is 1. The highest BCUT2D eigenvalue weighted by atomic mass is 32.1. The van der Waals surface area contributed by atoms with Gasteiger partial charge in [-0.25, -0.2) is 4.98 Å². The number of hydrogen-bond acceptors (Lipinski definition) is 7. The number of anilines is 1.